The van der Waals surface area contributed by atoms with Gasteiger partial charge in [0.25, 0.3) is 0 Å². The highest BCUT2D eigenvalue weighted by molar-refractivity contribution is 9.11. The summed E-state index contributed by atoms with van der Waals surface area (Å²) in [6.07, 6.45) is 0. The van der Waals surface area contributed by atoms with Gasteiger partial charge in [0.15, 0.2) is 0 Å². The molecule has 2 aromatic heterocycles. The van der Waals surface area contributed by atoms with Gasteiger partial charge in [-0.3, -0.25) is 0 Å². The van der Waals surface area contributed by atoms with E-state index in [4.69, 9.17) is 9.97 Å². The van der Waals surface area contributed by atoms with E-state index in [1.807, 2.05) is 36.4 Å². The smallest absolute Gasteiger partial charge is 0.128 e. The first-order valence-electron chi connectivity index (χ1n) is 11.5. The van der Waals surface area contributed by atoms with Crippen molar-refractivity contribution < 1.29 is 10.2 Å². The second kappa shape index (κ2) is 9.20. The average molecular weight is 652 g/mol. The number of rotatable bonds is 4. The second-order valence-corrected chi connectivity index (χ2v) is 13.0. The number of fused-ring (bicyclic) bond motifs is 2. The van der Waals surface area contributed by atoms with E-state index in [0.717, 1.165) is 61.6 Å². The standard InChI is InChI=1S/C29H20Br2N2O2S2/c1-29(2,15-11-19(30)25-21(13-15)32-27(36-25)17-7-3-5-9-23(17)34)16-12-20(31)26-22(14-16)33-28(37-26)18-8-4-6-10-24(18)35/h3-14,34-35H,1-2H3. The fraction of sp³-hybridized carbons (Fsp3) is 0.103. The molecule has 0 amide bonds. The molecule has 184 valence electrons. The van der Waals surface area contributed by atoms with E-state index >= 15 is 0 Å². The average Bonchev–Trinajstić information content (AvgIpc) is 3.50. The predicted octanol–water partition coefficient (Wildman–Crippen LogP) is 9.50. The van der Waals surface area contributed by atoms with Crippen molar-refractivity contribution in [2.24, 2.45) is 0 Å². The number of aromatic nitrogens is 2. The Morgan fingerprint density at radius 2 is 1.05 bits per heavy atom. The summed E-state index contributed by atoms with van der Waals surface area (Å²) in [6, 6.07) is 23.1. The molecule has 0 unspecified atom stereocenters. The topological polar surface area (TPSA) is 66.2 Å². The molecule has 4 aromatic carbocycles. The third-order valence-corrected chi connectivity index (χ3v) is 10.7. The number of para-hydroxylation sites is 2. The minimum atomic E-state index is -0.343. The molecule has 0 aliphatic heterocycles. The molecule has 0 radical (unpaired) electrons. The Balaban J connectivity index is 1.45. The molecule has 0 spiro atoms. The second-order valence-electron chi connectivity index (χ2n) is 9.31. The fourth-order valence-electron chi connectivity index (χ4n) is 4.41. The number of halogens is 2. The van der Waals surface area contributed by atoms with Crippen molar-refractivity contribution >= 4 is 75.0 Å². The SMILES string of the molecule is CC(C)(c1cc(Br)c2sc(-c3ccccc3O)nc2c1)c1cc(Br)c2sc(-c3ccccc3O)nc2c1. The van der Waals surface area contributed by atoms with Crippen LogP contribution in [0.5, 0.6) is 11.5 Å². The lowest BCUT2D eigenvalue weighted by Crippen LogP contribution is -2.19. The summed E-state index contributed by atoms with van der Waals surface area (Å²) < 4.78 is 4.04. The van der Waals surface area contributed by atoms with Gasteiger partial charge < -0.3 is 10.2 Å². The maximum absolute atomic E-state index is 10.3. The summed E-state index contributed by atoms with van der Waals surface area (Å²) in [5, 5.41) is 22.2. The van der Waals surface area contributed by atoms with Gasteiger partial charge in [-0.25, -0.2) is 9.97 Å². The summed E-state index contributed by atoms with van der Waals surface area (Å²) in [4.78, 5) is 9.74. The minimum absolute atomic E-state index is 0.225. The van der Waals surface area contributed by atoms with Crippen LogP contribution in [-0.4, -0.2) is 20.2 Å². The van der Waals surface area contributed by atoms with Gasteiger partial charge in [-0.15, -0.1) is 22.7 Å². The molecule has 8 heteroatoms. The normalized spacial score (nSPS) is 12.0. The molecule has 2 N–H and O–H groups in total. The molecule has 0 fully saturated rings. The Hall–Kier alpha value is -2.78. The molecule has 0 aliphatic rings. The number of hydrogen-bond acceptors (Lipinski definition) is 6. The van der Waals surface area contributed by atoms with Crippen LogP contribution in [0.1, 0.15) is 25.0 Å². The Morgan fingerprint density at radius 3 is 1.46 bits per heavy atom. The van der Waals surface area contributed by atoms with E-state index in [-0.39, 0.29) is 16.9 Å². The maximum atomic E-state index is 10.3. The van der Waals surface area contributed by atoms with Crippen LogP contribution in [0.2, 0.25) is 0 Å². The van der Waals surface area contributed by atoms with Crippen LogP contribution in [0.4, 0.5) is 0 Å². The molecule has 2 heterocycles. The van der Waals surface area contributed by atoms with Gasteiger partial charge in [0.2, 0.25) is 0 Å². The zero-order valence-corrected chi connectivity index (χ0v) is 24.6. The van der Waals surface area contributed by atoms with Gasteiger partial charge in [0.05, 0.1) is 31.6 Å². The minimum Gasteiger partial charge on any atom is -0.507 e. The molecule has 4 nitrogen and oxygen atoms in total. The summed E-state index contributed by atoms with van der Waals surface area (Å²) in [5.74, 6) is 0.450. The van der Waals surface area contributed by atoms with Crippen molar-refractivity contribution in [2.75, 3.05) is 0 Å². The van der Waals surface area contributed by atoms with Gasteiger partial charge >= 0.3 is 0 Å². The highest BCUT2D eigenvalue weighted by Gasteiger charge is 2.27. The van der Waals surface area contributed by atoms with Gasteiger partial charge in [-0.05, 0) is 91.5 Å². The van der Waals surface area contributed by atoms with Crippen LogP contribution in [0.15, 0.2) is 81.7 Å². The maximum Gasteiger partial charge on any atom is 0.128 e. The zero-order valence-electron chi connectivity index (χ0n) is 19.8. The molecule has 0 saturated heterocycles. The van der Waals surface area contributed by atoms with Gasteiger partial charge in [-0.1, -0.05) is 38.1 Å². The van der Waals surface area contributed by atoms with Crippen LogP contribution in [0.25, 0.3) is 41.6 Å². The summed E-state index contributed by atoms with van der Waals surface area (Å²) in [6.45, 7) is 4.39. The first-order chi connectivity index (χ1) is 17.7. The van der Waals surface area contributed by atoms with Crippen molar-refractivity contribution in [3.05, 3.63) is 92.9 Å². The van der Waals surface area contributed by atoms with Crippen LogP contribution in [-0.2, 0) is 5.41 Å². The number of thiazole rings is 2. The van der Waals surface area contributed by atoms with E-state index in [1.165, 1.54) is 0 Å². The highest BCUT2D eigenvalue weighted by atomic mass is 79.9. The molecular weight excluding hydrogens is 632 g/mol. The molecule has 0 bridgehead atoms. The Labute approximate surface area is 238 Å². The Morgan fingerprint density at radius 1 is 0.649 bits per heavy atom. The predicted molar refractivity (Wildman–Crippen MR) is 161 cm³/mol. The first-order valence-corrected chi connectivity index (χ1v) is 14.7. The van der Waals surface area contributed by atoms with Crippen LogP contribution < -0.4 is 0 Å². The largest absolute Gasteiger partial charge is 0.507 e. The molecule has 6 aromatic rings. The highest BCUT2D eigenvalue weighted by Crippen LogP contribution is 2.44. The molecular formula is C29H20Br2N2O2S2. The van der Waals surface area contributed by atoms with E-state index in [0.29, 0.717) is 0 Å². The molecule has 37 heavy (non-hydrogen) atoms. The number of phenols is 2. The molecule has 0 aliphatic carbocycles. The summed E-state index contributed by atoms with van der Waals surface area (Å²) in [5.41, 5.74) is 5.12. The van der Waals surface area contributed by atoms with E-state index in [9.17, 15) is 10.2 Å². The number of benzene rings is 4. The quantitative estimate of drug-likeness (QED) is 0.199. The lowest BCUT2D eigenvalue weighted by molar-refractivity contribution is 0.477. The lowest BCUT2D eigenvalue weighted by atomic mass is 9.78. The monoisotopic (exact) mass is 650 g/mol. The van der Waals surface area contributed by atoms with E-state index < -0.39 is 0 Å². The van der Waals surface area contributed by atoms with Gasteiger partial charge in [0, 0.05) is 14.4 Å². The molecule has 6 rings (SSSR count). The summed E-state index contributed by atoms with van der Waals surface area (Å²) in [7, 11) is 0. The lowest BCUT2D eigenvalue weighted by Gasteiger charge is -2.27. The van der Waals surface area contributed by atoms with Crippen LogP contribution in [0, 0.1) is 0 Å². The van der Waals surface area contributed by atoms with Crippen LogP contribution >= 0.6 is 54.5 Å². The summed E-state index contributed by atoms with van der Waals surface area (Å²) >= 11 is 10.7. The van der Waals surface area contributed by atoms with Crippen LogP contribution in [0.3, 0.4) is 0 Å². The number of hydrogen-bond donors (Lipinski definition) is 2. The van der Waals surface area contributed by atoms with Crippen molar-refractivity contribution in [1.29, 1.82) is 0 Å². The Kier molecular flexibility index (Phi) is 6.11. The van der Waals surface area contributed by atoms with Gasteiger partial charge in [0.1, 0.15) is 21.5 Å². The molecule has 0 atom stereocenters. The van der Waals surface area contributed by atoms with Crippen molar-refractivity contribution in [1.82, 2.24) is 9.97 Å². The fourth-order valence-corrected chi connectivity index (χ4v) is 7.77. The number of phenolic OH excluding ortho intramolecular Hbond substituents is 2. The first kappa shape index (κ1) is 24.6. The van der Waals surface area contributed by atoms with E-state index in [2.05, 4.69) is 70.0 Å². The zero-order chi connectivity index (χ0) is 25.9. The third kappa shape index (κ3) is 4.26. The van der Waals surface area contributed by atoms with E-state index in [1.54, 1.807) is 34.8 Å². The number of nitrogens with zero attached hydrogens (tertiary/aromatic N) is 2. The van der Waals surface area contributed by atoms with Crippen molar-refractivity contribution in [3.63, 3.8) is 0 Å². The molecule has 0 saturated carbocycles. The van der Waals surface area contributed by atoms with Crippen molar-refractivity contribution in [2.45, 2.75) is 19.3 Å². The number of aromatic hydroxyl groups is 2. The Bertz CT molecular complexity index is 1690. The van der Waals surface area contributed by atoms with Gasteiger partial charge in [-0.2, -0.15) is 0 Å². The van der Waals surface area contributed by atoms with Crippen molar-refractivity contribution in [3.8, 4) is 32.6 Å². The third-order valence-electron chi connectivity index (χ3n) is 6.60.